The van der Waals surface area contributed by atoms with E-state index < -0.39 is 6.36 Å². The van der Waals surface area contributed by atoms with Crippen molar-refractivity contribution in [1.82, 2.24) is 0 Å². The van der Waals surface area contributed by atoms with Crippen molar-refractivity contribution in [3.8, 4) is 16.9 Å². The van der Waals surface area contributed by atoms with Gasteiger partial charge in [-0.25, -0.2) is 0 Å². The largest absolute Gasteiger partial charge is 0.573 e. The van der Waals surface area contributed by atoms with Crippen molar-refractivity contribution in [3.05, 3.63) is 54.1 Å². The molecule has 0 saturated heterocycles. The lowest BCUT2D eigenvalue weighted by atomic mass is 9.63. The van der Waals surface area contributed by atoms with E-state index >= 15 is 0 Å². The monoisotopic (exact) mass is 430 g/mol. The normalized spacial score (nSPS) is 26.3. The molecular formula is C27H33F3O. The van der Waals surface area contributed by atoms with Crippen molar-refractivity contribution >= 4 is 0 Å². The molecule has 2 aliphatic rings. The van der Waals surface area contributed by atoms with Crippen LogP contribution in [0, 0.1) is 17.8 Å². The summed E-state index contributed by atoms with van der Waals surface area (Å²) in [5.74, 6) is 3.24. The van der Waals surface area contributed by atoms with Crippen molar-refractivity contribution in [3.63, 3.8) is 0 Å². The smallest absolute Gasteiger partial charge is 0.406 e. The van der Waals surface area contributed by atoms with E-state index in [1.54, 1.807) is 12.1 Å². The summed E-state index contributed by atoms with van der Waals surface area (Å²) in [4.78, 5) is 0. The topological polar surface area (TPSA) is 9.23 Å². The van der Waals surface area contributed by atoms with E-state index in [-0.39, 0.29) is 5.75 Å². The summed E-state index contributed by atoms with van der Waals surface area (Å²) >= 11 is 0. The van der Waals surface area contributed by atoms with Gasteiger partial charge >= 0.3 is 6.36 Å². The van der Waals surface area contributed by atoms with Gasteiger partial charge in [0.2, 0.25) is 0 Å². The van der Waals surface area contributed by atoms with E-state index in [9.17, 15) is 13.2 Å². The molecule has 1 nitrogen and oxygen atoms in total. The Morgan fingerprint density at radius 3 is 2.06 bits per heavy atom. The zero-order valence-electron chi connectivity index (χ0n) is 18.3. The number of rotatable bonds is 6. The summed E-state index contributed by atoms with van der Waals surface area (Å²) in [7, 11) is 0. The highest BCUT2D eigenvalue weighted by atomic mass is 19.4. The van der Waals surface area contributed by atoms with Crippen LogP contribution in [0.25, 0.3) is 11.1 Å². The Morgan fingerprint density at radius 2 is 1.42 bits per heavy atom. The maximum atomic E-state index is 12.3. The summed E-state index contributed by atoms with van der Waals surface area (Å²) in [5.41, 5.74) is 3.33. The molecule has 0 aliphatic heterocycles. The standard InChI is InChI=1S/C27H33F3O/c1-2-3-4-19-5-6-25-18-24(12-11-23(25)17-19)22-9-7-20(8-10-22)21-13-15-26(16-14-21)31-27(28,29)30/h7-10,13-16,19,23-25H,2-6,11-12,17-18H2,1H3. The lowest BCUT2D eigenvalue weighted by Gasteiger charge is -2.42. The first kappa shape index (κ1) is 22.2. The van der Waals surface area contributed by atoms with Gasteiger partial charge in [-0.1, -0.05) is 69.0 Å². The fraction of sp³-hybridized carbons (Fsp3) is 0.556. The van der Waals surface area contributed by atoms with Crippen LogP contribution in [0.3, 0.4) is 0 Å². The Kier molecular flexibility index (Phi) is 6.93. The molecule has 0 heterocycles. The van der Waals surface area contributed by atoms with Crippen LogP contribution in [0.5, 0.6) is 5.75 Å². The number of benzene rings is 2. The fourth-order valence-corrected chi connectivity index (χ4v) is 5.84. The Hall–Kier alpha value is -1.97. The number of hydrogen-bond donors (Lipinski definition) is 0. The third-order valence-electron chi connectivity index (χ3n) is 7.49. The molecule has 4 unspecified atom stereocenters. The zero-order valence-corrected chi connectivity index (χ0v) is 18.3. The number of unbranched alkanes of at least 4 members (excludes halogenated alkanes) is 1. The molecule has 4 rings (SSSR count). The number of halogens is 3. The minimum absolute atomic E-state index is 0.186. The van der Waals surface area contributed by atoms with Crippen molar-refractivity contribution in [2.75, 3.05) is 0 Å². The van der Waals surface area contributed by atoms with Crippen molar-refractivity contribution in [1.29, 1.82) is 0 Å². The second-order valence-corrected chi connectivity index (χ2v) is 9.55. The van der Waals surface area contributed by atoms with E-state index in [1.165, 1.54) is 75.5 Å². The molecule has 0 bridgehead atoms. The van der Waals surface area contributed by atoms with Gasteiger partial charge < -0.3 is 4.74 Å². The molecule has 4 heteroatoms. The first-order valence-corrected chi connectivity index (χ1v) is 11.9. The van der Waals surface area contributed by atoms with E-state index in [4.69, 9.17) is 0 Å². The van der Waals surface area contributed by atoms with Crippen LogP contribution in [0.2, 0.25) is 0 Å². The van der Waals surface area contributed by atoms with Gasteiger partial charge in [0.15, 0.2) is 0 Å². The molecule has 2 saturated carbocycles. The number of ether oxygens (including phenoxy) is 1. The number of hydrogen-bond acceptors (Lipinski definition) is 1. The summed E-state index contributed by atoms with van der Waals surface area (Å²) < 4.78 is 41.0. The fourth-order valence-electron chi connectivity index (χ4n) is 5.84. The average molecular weight is 431 g/mol. The van der Waals surface area contributed by atoms with Gasteiger partial charge in [-0.15, -0.1) is 13.2 Å². The number of alkyl halides is 3. The Balaban J connectivity index is 1.35. The SMILES string of the molecule is CCCCC1CCC2CC(c3ccc(-c4ccc(OC(F)(F)F)cc4)cc3)CCC2C1. The summed E-state index contributed by atoms with van der Waals surface area (Å²) in [5, 5.41) is 0. The van der Waals surface area contributed by atoms with E-state index in [0.717, 1.165) is 28.9 Å². The van der Waals surface area contributed by atoms with E-state index in [1.807, 2.05) is 0 Å². The van der Waals surface area contributed by atoms with Gasteiger partial charge in [-0.3, -0.25) is 0 Å². The molecule has 0 amide bonds. The first-order valence-electron chi connectivity index (χ1n) is 11.9. The van der Waals surface area contributed by atoms with Gasteiger partial charge in [0.1, 0.15) is 5.75 Å². The minimum Gasteiger partial charge on any atom is -0.406 e. The summed E-state index contributed by atoms with van der Waals surface area (Å²) in [6.45, 7) is 2.29. The predicted molar refractivity (Wildman–Crippen MR) is 119 cm³/mol. The molecule has 2 aromatic carbocycles. The third kappa shape index (κ3) is 5.84. The molecule has 168 valence electrons. The maximum Gasteiger partial charge on any atom is 0.573 e. The van der Waals surface area contributed by atoms with Crippen molar-refractivity contribution < 1.29 is 17.9 Å². The molecule has 2 aliphatic carbocycles. The van der Waals surface area contributed by atoms with Crippen LogP contribution in [0.15, 0.2) is 48.5 Å². The van der Waals surface area contributed by atoms with Crippen LogP contribution < -0.4 is 4.74 Å². The molecule has 0 spiro atoms. The van der Waals surface area contributed by atoms with Crippen LogP contribution in [0.4, 0.5) is 13.2 Å². The lowest BCUT2D eigenvalue weighted by molar-refractivity contribution is -0.274. The van der Waals surface area contributed by atoms with Gasteiger partial charge in [0.25, 0.3) is 0 Å². The summed E-state index contributed by atoms with van der Waals surface area (Å²) in [6.07, 6.45) is 7.69. The van der Waals surface area contributed by atoms with Gasteiger partial charge in [0, 0.05) is 0 Å². The Bertz CT molecular complexity index is 825. The molecular weight excluding hydrogens is 397 g/mol. The molecule has 0 aromatic heterocycles. The highest BCUT2D eigenvalue weighted by molar-refractivity contribution is 5.64. The van der Waals surface area contributed by atoms with E-state index in [2.05, 4.69) is 35.9 Å². The lowest BCUT2D eigenvalue weighted by Crippen LogP contribution is -2.30. The first-order chi connectivity index (χ1) is 14.9. The quantitative estimate of drug-likeness (QED) is 0.445. The van der Waals surface area contributed by atoms with Crippen LogP contribution >= 0.6 is 0 Å². The third-order valence-corrected chi connectivity index (χ3v) is 7.49. The Morgan fingerprint density at radius 1 is 0.806 bits per heavy atom. The number of fused-ring (bicyclic) bond motifs is 1. The van der Waals surface area contributed by atoms with Gasteiger partial charge in [-0.2, -0.15) is 0 Å². The second-order valence-electron chi connectivity index (χ2n) is 9.55. The van der Waals surface area contributed by atoms with Crippen LogP contribution in [-0.2, 0) is 0 Å². The van der Waals surface area contributed by atoms with Crippen molar-refractivity contribution in [2.45, 2.75) is 77.0 Å². The highest BCUT2D eigenvalue weighted by Gasteiger charge is 2.35. The maximum absolute atomic E-state index is 12.3. The molecule has 31 heavy (non-hydrogen) atoms. The second kappa shape index (κ2) is 9.67. The molecule has 0 N–H and O–H groups in total. The van der Waals surface area contributed by atoms with Crippen molar-refractivity contribution in [2.24, 2.45) is 17.8 Å². The van der Waals surface area contributed by atoms with E-state index in [0.29, 0.717) is 5.92 Å². The average Bonchev–Trinajstić information content (AvgIpc) is 2.77. The highest BCUT2D eigenvalue weighted by Crippen LogP contribution is 2.48. The molecule has 0 radical (unpaired) electrons. The minimum atomic E-state index is -4.66. The van der Waals surface area contributed by atoms with Crippen LogP contribution in [0.1, 0.15) is 76.2 Å². The molecule has 2 aromatic rings. The summed E-state index contributed by atoms with van der Waals surface area (Å²) in [6, 6.07) is 14.7. The molecule has 4 atom stereocenters. The molecule has 2 fully saturated rings. The Labute approximate surface area is 184 Å². The predicted octanol–water partition coefficient (Wildman–Crippen LogP) is 8.74. The van der Waals surface area contributed by atoms with Gasteiger partial charge in [-0.05, 0) is 84.6 Å². The zero-order chi connectivity index (χ0) is 21.8. The van der Waals surface area contributed by atoms with Gasteiger partial charge in [0.05, 0.1) is 0 Å². The van der Waals surface area contributed by atoms with Crippen LogP contribution in [-0.4, -0.2) is 6.36 Å².